The Bertz CT molecular complexity index is 470. The molecule has 1 aromatic rings. The van der Waals surface area contributed by atoms with Gasteiger partial charge in [0.05, 0.1) is 17.1 Å². The minimum Gasteiger partial charge on any atom is -0.394 e. The number of aliphatic hydroxyl groups is 1. The van der Waals surface area contributed by atoms with Gasteiger partial charge in [0.25, 0.3) is 0 Å². The van der Waals surface area contributed by atoms with Gasteiger partial charge >= 0.3 is 5.69 Å². The molecule has 1 fully saturated rings. The molecular formula is C12H17N3O3. The Morgan fingerprint density at radius 3 is 2.83 bits per heavy atom. The molecular weight excluding hydrogens is 234 g/mol. The maximum absolute atomic E-state index is 11.0. The number of pyridine rings is 1. The van der Waals surface area contributed by atoms with Gasteiger partial charge in [0.15, 0.2) is 0 Å². The fraction of sp³-hybridized carbons (Fsp3) is 0.583. The van der Waals surface area contributed by atoms with Crippen LogP contribution in [0.3, 0.4) is 0 Å². The highest BCUT2D eigenvalue weighted by Crippen LogP contribution is 2.40. The molecule has 0 aromatic carbocycles. The molecule has 0 spiro atoms. The lowest BCUT2D eigenvalue weighted by molar-refractivity contribution is -0.384. The lowest BCUT2D eigenvalue weighted by atomic mass is 9.69. The van der Waals surface area contributed by atoms with Gasteiger partial charge < -0.3 is 10.4 Å². The number of hydrogen-bond acceptors (Lipinski definition) is 5. The molecule has 1 aliphatic carbocycles. The van der Waals surface area contributed by atoms with E-state index in [1.807, 2.05) is 0 Å². The standard InChI is InChI=1S/C12H17N3O3/c1-8-3-10(15(17)18)11(13-6-8)14-12(7-16)4-9(2)5-12/h3,6,9,16H,4-5,7H2,1-2H3,(H,13,14). The summed E-state index contributed by atoms with van der Waals surface area (Å²) in [6.45, 7) is 3.81. The summed E-state index contributed by atoms with van der Waals surface area (Å²) >= 11 is 0. The third-order valence-electron chi connectivity index (χ3n) is 3.37. The molecule has 0 saturated heterocycles. The molecule has 0 aliphatic heterocycles. The summed E-state index contributed by atoms with van der Waals surface area (Å²) in [5.74, 6) is 0.765. The first-order valence-corrected chi connectivity index (χ1v) is 5.96. The van der Waals surface area contributed by atoms with Crippen molar-refractivity contribution in [3.05, 3.63) is 27.9 Å². The highest BCUT2D eigenvalue weighted by Gasteiger charge is 2.42. The Hall–Kier alpha value is -1.69. The van der Waals surface area contributed by atoms with E-state index in [-0.39, 0.29) is 18.1 Å². The molecule has 0 amide bonds. The van der Waals surface area contributed by atoms with Gasteiger partial charge in [-0.15, -0.1) is 0 Å². The van der Waals surface area contributed by atoms with Crippen LogP contribution < -0.4 is 5.32 Å². The number of nitro groups is 1. The van der Waals surface area contributed by atoms with Crippen molar-refractivity contribution in [3.8, 4) is 0 Å². The minimum atomic E-state index is -0.452. The molecule has 1 aliphatic rings. The Labute approximate surface area is 105 Å². The summed E-state index contributed by atoms with van der Waals surface area (Å²) in [6.07, 6.45) is 3.19. The topological polar surface area (TPSA) is 88.3 Å². The number of aryl methyl sites for hydroxylation is 1. The summed E-state index contributed by atoms with van der Waals surface area (Å²) in [5.41, 5.74) is 0.251. The van der Waals surface area contributed by atoms with E-state index < -0.39 is 10.5 Å². The first-order valence-electron chi connectivity index (χ1n) is 5.96. The van der Waals surface area contributed by atoms with Crippen LogP contribution in [0.4, 0.5) is 11.5 Å². The summed E-state index contributed by atoms with van der Waals surface area (Å²) in [6, 6.07) is 1.49. The zero-order chi connectivity index (χ0) is 13.3. The molecule has 6 nitrogen and oxygen atoms in total. The lowest BCUT2D eigenvalue weighted by Crippen LogP contribution is -2.52. The first kappa shape index (κ1) is 12.8. The van der Waals surface area contributed by atoms with E-state index in [2.05, 4.69) is 17.2 Å². The zero-order valence-corrected chi connectivity index (χ0v) is 10.5. The van der Waals surface area contributed by atoms with Gasteiger partial charge in [0.1, 0.15) is 0 Å². The third-order valence-corrected chi connectivity index (χ3v) is 3.37. The van der Waals surface area contributed by atoms with Crippen LogP contribution in [0.2, 0.25) is 0 Å². The first-order chi connectivity index (χ1) is 8.46. The predicted octanol–water partition coefficient (Wildman–Crippen LogP) is 1.87. The van der Waals surface area contributed by atoms with Crippen molar-refractivity contribution in [2.75, 3.05) is 11.9 Å². The molecule has 0 radical (unpaired) electrons. The SMILES string of the molecule is Cc1cnc(NC2(CO)CC(C)C2)c([N+](=O)[O-])c1. The van der Waals surface area contributed by atoms with Gasteiger partial charge in [-0.05, 0) is 31.2 Å². The van der Waals surface area contributed by atoms with Crippen molar-refractivity contribution in [1.29, 1.82) is 0 Å². The second-order valence-corrected chi connectivity index (χ2v) is 5.21. The van der Waals surface area contributed by atoms with Gasteiger partial charge in [-0.3, -0.25) is 10.1 Å². The second-order valence-electron chi connectivity index (χ2n) is 5.21. The van der Waals surface area contributed by atoms with E-state index in [9.17, 15) is 15.2 Å². The molecule has 1 saturated carbocycles. The molecule has 0 atom stereocenters. The lowest BCUT2D eigenvalue weighted by Gasteiger charge is -2.45. The largest absolute Gasteiger partial charge is 0.394 e. The van der Waals surface area contributed by atoms with Gasteiger partial charge in [-0.2, -0.15) is 0 Å². The van der Waals surface area contributed by atoms with E-state index in [0.717, 1.165) is 18.4 Å². The molecule has 0 unspecified atom stereocenters. The molecule has 1 heterocycles. The van der Waals surface area contributed by atoms with Crippen LogP contribution in [-0.4, -0.2) is 27.2 Å². The van der Waals surface area contributed by atoms with Crippen LogP contribution in [0.25, 0.3) is 0 Å². The number of aliphatic hydroxyl groups excluding tert-OH is 1. The Morgan fingerprint density at radius 1 is 1.67 bits per heavy atom. The molecule has 18 heavy (non-hydrogen) atoms. The molecule has 6 heteroatoms. The van der Waals surface area contributed by atoms with E-state index in [1.54, 1.807) is 13.1 Å². The summed E-state index contributed by atoms with van der Waals surface area (Å²) in [7, 11) is 0. The van der Waals surface area contributed by atoms with Crippen LogP contribution in [0.5, 0.6) is 0 Å². The van der Waals surface area contributed by atoms with Crippen molar-refractivity contribution in [2.45, 2.75) is 32.2 Å². The Kier molecular flexibility index (Phi) is 3.21. The van der Waals surface area contributed by atoms with Gasteiger partial charge in [-0.1, -0.05) is 6.92 Å². The van der Waals surface area contributed by atoms with E-state index in [1.165, 1.54) is 6.07 Å². The van der Waals surface area contributed by atoms with E-state index in [4.69, 9.17) is 0 Å². The van der Waals surface area contributed by atoms with Gasteiger partial charge in [0.2, 0.25) is 5.82 Å². The summed E-state index contributed by atoms with van der Waals surface area (Å²) in [4.78, 5) is 14.6. The molecule has 98 valence electrons. The average molecular weight is 251 g/mol. The zero-order valence-electron chi connectivity index (χ0n) is 10.5. The summed E-state index contributed by atoms with van der Waals surface area (Å²) < 4.78 is 0. The highest BCUT2D eigenvalue weighted by atomic mass is 16.6. The van der Waals surface area contributed by atoms with Crippen LogP contribution in [0.1, 0.15) is 25.3 Å². The van der Waals surface area contributed by atoms with Gasteiger partial charge in [0, 0.05) is 12.3 Å². The van der Waals surface area contributed by atoms with Crippen LogP contribution in [0.15, 0.2) is 12.3 Å². The van der Waals surface area contributed by atoms with Crippen molar-refractivity contribution in [1.82, 2.24) is 4.98 Å². The highest BCUT2D eigenvalue weighted by molar-refractivity contribution is 5.58. The van der Waals surface area contributed by atoms with E-state index in [0.29, 0.717) is 5.92 Å². The predicted molar refractivity (Wildman–Crippen MR) is 67.5 cm³/mol. The number of aromatic nitrogens is 1. The number of nitrogens with zero attached hydrogens (tertiary/aromatic N) is 2. The van der Waals surface area contributed by atoms with Crippen molar-refractivity contribution >= 4 is 11.5 Å². The maximum Gasteiger partial charge on any atom is 0.311 e. The van der Waals surface area contributed by atoms with Gasteiger partial charge in [-0.25, -0.2) is 4.98 Å². The third kappa shape index (κ3) is 2.28. The van der Waals surface area contributed by atoms with Crippen molar-refractivity contribution in [2.24, 2.45) is 5.92 Å². The number of nitrogens with one attached hydrogen (secondary N) is 1. The van der Waals surface area contributed by atoms with Crippen molar-refractivity contribution in [3.63, 3.8) is 0 Å². The maximum atomic E-state index is 11.0. The van der Waals surface area contributed by atoms with Crippen LogP contribution >= 0.6 is 0 Å². The minimum absolute atomic E-state index is 0.0376. The fourth-order valence-electron chi connectivity index (χ4n) is 2.59. The molecule has 2 rings (SSSR count). The number of anilines is 1. The normalized spacial score (nSPS) is 26.5. The van der Waals surface area contributed by atoms with Crippen LogP contribution in [0, 0.1) is 23.0 Å². The average Bonchev–Trinajstić information content (AvgIpc) is 2.28. The number of hydrogen-bond donors (Lipinski definition) is 2. The van der Waals surface area contributed by atoms with E-state index >= 15 is 0 Å². The molecule has 2 N–H and O–H groups in total. The molecule has 0 bridgehead atoms. The molecule has 1 aromatic heterocycles. The Balaban J connectivity index is 2.26. The monoisotopic (exact) mass is 251 g/mol. The fourth-order valence-corrected chi connectivity index (χ4v) is 2.59. The van der Waals surface area contributed by atoms with Crippen LogP contribution in [-0.2, 0) is 0 Å². The quantitative estimate of drug-likeness (QED) is 0.630. The van der Waals surface area contributed by atoms with Crippen molar-refractivity contribution < 1.29 is 10.0 Å². The summed E-state index contributed by atoms with van der Waals surface area (Å²) in [5, 5.41) is 23.5. The Morgan fingerprint density at radius 2 is 2.33 bits per heavy atom. The smallest absolute Gasteiger partial charge is 0.311 e. The number of rotatable bonds is 4. The second kappa shape index (κ2) is 4.53.